The second-order valence-electron chi connectivity index (χ2n) is 8.46. The van der Waals surface area contributed by atoms with Crippen LogP contribution in [0, 0.1) is 0 Å². The summed E-state index contributed by atoms with van der Waals surface area (Å²) in [7, 11) is 0. The zero-order chi connectivity index (χ0) is 21.9. The van der Waals surface area contributed by atoms with Crippen molar-refractivity contribution in [1.29, 1.82) is 0 Å². The summed E-state index contributed by atoms with van der Waals surface area (Å²) in [5.74, 6) is 1.30. The molecule has 1 saturated heterocycles. The SMILES string of the molecule is CC(C)c1ccccc1Nc1csc2cnc(Cc3ccc(N4CCOCC4)cc3)nc12. The Bertz CT molecular complexity index is 1200. The van der Waals surface area contributed by atoms with E-state index in [4.69, 9.17) is 9.72 Å². The summed E-state index contributed by atoms with van der Waals surface area (Å²) >= 11 is 1.68. The second kappa shape index (κ2) is 9.27. The van der Waals surface area contributed by atoms with Crippen LogP contribution in [0.1, 0.15) is 36.7 Å². The van der Waals surface area contributed by atoms with Gasteiger partial charge in [0, 0.05) is 42.5 Å². The van der Waals surface area contributed by atoms with Crippen LogP contribution in [0.3, 0.4) is 0 Å². The average Bonchev–Trinajstić information content (AvgIpc) is 3.22. The highest BCUT2D eigenvalue weighted by Crippen LogP contribution is 2.33. The van der Waals surface area contributed by atoms with Crippen molar-refractivity contribution in [3.63, 3.8) is 0 Å². The fraction of sp³-hybridized carbons (Fsp3) is 0.308. The van der Waals surface area contributed by atoms with Crippen LogP contribution in [0.25, 0.3) is 10.2 Å². The Balaban J connectivity index is 1.36. The van der Waals surface area contributed by atoms with Gasteiger partial charge in [-0.3, -0.25) is 0 Å². The Morgan fingerprint density at radius 3 is 2.59 bits per heavy atom. The van der Waals surface area contributed by atoms with Gasteiger partial charge in [-0.2, -0.15) is 0 Å². The van der Waals surface area contributed by atoms with Gasteiger partial charge in [-0.15, -0.1) is 11.3 Å². The largest absolute Gasteiger partial charge is 0.378 e. The van der Waals surface area contributed by atoms with E-state index in [2.05, 4.69) is 83.0 Å². The zero-order valence-electron chi connectivity index (χ0n) is 18.5. The molecule has 3 heterocycles. The van der Waals surface area contributed by atoms with Gasteiger partial charge in [0.25, 0.3) is 0 Å². The molecule has 4 aromatic rings. The number of thiophene rings is 1. The van der Waals surface area contributed by atoms with E-state index >= 15 is 0 Å². The molecule has 0 bridgehead atoms. The Hall–Kier alpha value is -2.96. The number of morpholine rings is 1. The van der Waals surface area contributed by atoms with Crippen molar-refractivity contribution in [3.8, 4) is 0 Å². The highest BCUT2D eigenvalue weighted by Gasteiger charge is 2.13. The fourth-order valence-corrected chi connectivity index (χ4v) is 4.92. The highest BCUT2D eigenvalue weighted by molar-refractivity contribution is 7.17. The fourth-order valence-electron chi connectivity index (χ4n) is 4.13. The standard InChI is InChI=1S/C26H28N4OS/c1-18(2)21-5-3-4-6-22(21)28-23-17-32-24-16-27-25(29-26(23)24)15-19-7-9-20(10-8-19)30-11-13-31-14-12-30/h3-10,16-18,28H,11-15H2,1-2H3. The summed E-state index contributed by atoms with van der Waals surface area (Å²) in [6.45, 7) is 7.94. The molecule has 5 rings (SSSR count). The molecule has 0 amide bonds. The van der Waals surface area contributed by atoms with Crippen LogP contribution in [-0.2, 0) is 11.2 Å². The lowest BCUT2D eigenvalue weighted by Gasteiger charge is -2.28. The summed E-state index contributed by atoms with van der Waals surface area (Å²) in [4.78, 5) is 11.9. The van der Waals surface area contributed by atoms with Crippen LogP contribution in [0.5, 0.6) is 0 Å². The first-order valence-electron chi connectivity index (χ1n) is 11.2. The van der Waals surface area contributed by atoms with E-state index in [0.717, 1.165) is 60.1 Å². The van der Waals surface area contributed by atoms with E-state index < -0.39 is 0 Å². The minimum Gasteiger partial charge on any atom is -0.378 e. The van der Waals surface area contributed by atoms with Crippen LogP contribution in [0.15, 0.2) is 60.1 Å². The van der Waals surface area contributed by atoms with Crippen LogP contribution >= 0.6 is 11.3 Å². The second-order valence-corrected chi connectivity index (χ2v) is 9.37. The molecule has 0 aliphatic carbocycles. The maximum absolute atomic E-state index is 5.46. The highest BCUT2D eigenvalue weighted by atomic mass is 32.1. The predicted octanol–water partition coefficient (Wildman–Crippen LogP) is 5.99. The van der Waals surface area contributed by atoms with Gasteiger partial charge < -0.3 is 15.0 Å². The van der Waals surface area contributed by atoms with Gasteiger partial charge in [0.05, 0.1) is 23.6 Å². The van der Waals surface area contributed by atoms with E-state index in [1.54, 1.807) is 11.3 Å². The molecular weight excluding hydrogens is 416 g/mol. The number of ether oxygens (including phenoxy) is 1. The van der Waals surface area contributed by atoms with Gasteiger partial charge in [0.15, 0.2) is 0 Å². The molecule has 0 saturated carbocycles. The van der Waals surface area contributed by atoms with Crippen molar-refractivity contribution in [1.82, 2.24) is 9.97 Å². The molecule has 32 heavy (non-hydrogen) atoms. The number of nitrogens with zero attached hydrogens (tertiary/aromatic N) is 3. The van der Waals surface area contributed by atoms with Crippen LogP contribution in [0.2, 0.25) is 0 Å². The van der Waals surface area contributed by atoms with Crippen molar-refractivity contribution >= 4 is 38.6 Å². The molecule has 1 fully saturated rings. The third-order valence-electron chi connectivity index (χ3n) is 5.89. The number of benzene rings is 2. The van der Waals surface area contributed by atoms with E-state index in [0.29, 0.717) is 5.92 Å². The number of para-hydroxylation sites is 1. The Kier molecular flexibility index (Phi) is 6.06. The van der Waals surface area contributed by atoms with E-state index in [-0.39, 0.29) is 0 Å². The molecule has 0 atom stereocenters. The lowest BCUT2D eigenvalue weighted by molar-refractivity contribution is 0.122. The van der Waals surface area contributed by atoms with Gasteiger partial charge in [-0.1, -0.05) is 44.2 Å². The van der Waals surface area contributed by atoms with Crippen molar-refractivity contribution in [2.75, 3.05) is 36.5 Å². The lowest BCUT2D eigenvalue weighted by Crippen LogP contribution is -2.36. The first kappa shape index (κ1) is 20.9. The molecule has 0 radical (unpaired) electrons. The molecule has 5 nitrogen and oxygen atoms in total. The minimum absolute atomic E-state index is 0.453. The predicted molar refractivity (Wildman–Crippen MR) is 134 cm³/mol. The van der Waals surface area contributed by atoms with Gasteiger partial charge in [0.2, 0.25) is 0 Å². The number of aromatic nitrogens is 2. The number of hydrogen-bond acceptors (Lipinski definition) is 6. The lowest BCUT2D eigenvalue weighted by atomic mass is 10.0. The van der Waals surface area contributed by atoms with Gasteiger partial charge in [-0.25, -0.2) is 9.97 Å². The van der Waals surface area contributed by atoms with Gasteiger partial charge in [-0.05, 0) is 35.2 Å². The molecular formula is C26H28N4OS. The number of rotatable bonds is 6. The summed E-state index contributed by atoms with van der Waals surface area (Å²) in [5, 5.41) is 5.75. The van der Waals surface area contributed by atoms with Crippen LogP contribution in [0.4, 0.5) is 17.1 Å². The summed E-state index contributed by atoms with van der Waals surface area (Å²) in [6.07, 6.45) is 2.67. The van der Waals surface area contributed by atoms with Gasteiger partial charge in [0.1, 0.15) is 11.3 Å². The van der Waals surface area contributed by atoms with Crippen molar-refractivity contribution in [3.05, 3.63) is 77.1 Å². The number of anilines is 3. The number of fused-ring (bicyclic) bond motifs is 1. The van der Waals surface area contributed by atoms with E-state index in [1.807, 2.05) is 6.20 Å². The molecule has 0 spiro atoms. The van der Waals surface area contributed by atoms with E-state index in [9.17, 15) is 0 Å². The van der Waals surface area contributed by atoms with Crippen LogP contribution in [-0.4, -0.2) is 36.3 Å². The first-order chi connectivity index (χ1) is 15.7. The van der Waals surface area contributed by atoms with Crippen molar-refractivity contribution in [2.24, 2.45) is 0 Å². The molecule has 2 aromatic heterocycles. The Labute approximate surface area is 193 Å². The average molecular weight is 445 g/mol. The molecule has 1 N–H and O–H groups in total. The minimum atomic E-state index is 0.453. The smallest absolute Gasteiger partial charge is 0.133 e. The summed E-state index contributed by atoms with van der Waals surface area (Å²) in [6, 6.07) is 17.2. The maximum Gasteiger partial charge on any atom is 0.133 e. The monoisotopic (exact) mass is 444 g/mol. The molecule has 164 valence electrons. The van der Waals surface area contributed by atoms with Crippen molar-refractivity contribution < 1.29 is 4.74 Å². The normalized spacial score (nSPS) is 14.3. The summed E-state index contributed by atoms with van der Waals surface area (Å²) < 4.78 is 6.55. The Morgan fingerprint density at radius 2 is 1.81 bits per heavy atom. The first-order valence-corrected chi connectivity index (χ1v) is 12.1. The van der Waals surface area contributed by atoms with E-state index in [1.165, 1.54) is 16.8 Å². The third kappa shape index (κ3) is 4.47. The molecule has 1 aliphatic rings. The zero-order valence-corrected chi connectivity index (χ0v) is 19.4. The topological polar surface area (TPSA) is 50.3 Å². The summed E-state index contributed by atoms with van der Waals surface area (Å²) in [5.41, 5.74) is 6.95. The van der Waals surface area contributed by atoms with Crippen LogP contribution < -0.4 is 10.2 Å². The third-order valence-corrected chi connectivity index (χ3v) is 6.80. The molecule has 6 heteroatoms. The molecule has 2 aromatic carbocycles. The maximum atomic E-state index is 5.46. The molecule has 1 aliphatic heterocycles. The quantitative estimate of drug-likeness (QED) is 0.396. The number of nitrogens with one attached hydrogen (secondary N) is 1. The molecule has 0 unspecified atom stereocenters. The number of hydrogen-bond donors (Lipinski definition) is 1. The van der Waals surface area contributed by atoms with Crippen molar-refractivity contribution in [2.45, 2.75) is 26.2 Å². The van der Waals surface area contributed by atoms with Gasteiger partial charge >= 0.3 is 0 Å². The Morgan fingerprint density at radius 1 is 1.03 bits per heavy atom.